The summed E-state index contributed by atoms with van der Waals surface area (Å²) in [5, 5.41) is 2.31. The van der Waals surface area contributed by atoms with Crippen LogP contribution in [-0.4, -0.2) is 17.8 Å². The van der Waals surface area contributed by atoms with Gasteiger partial charge in [0.1, 0.15) is 23.7 Å². The van der Waals surface area contributed by atoms with Crippen LogP contribution in [0.1, 0.15) is 55.2 Å². The van der Waals surface area contributed by atoms with E-state index in [-0.39, 0.29) is 23.4 Å². The number of carbonyl (C=O) groups is 3. The lowest BCUT2D eigenvalue weighted by molar-refractivity contribution is -0.122. The normalized spacial score (nSPS) is 27.8. The van der Waals surface area contributed by atoms with Crippen molar-refractivity contribution in [1.29, 1.82) is 0 Å². The number of amides is 4. The monoisotopic (exact) mass is 550 g/mol. The van der Waals surface area contributed by atoms with Crippen LogP contribution >= 0.6 is 0 Å². The first-order chi connectivity index (χ1) is 19.9. The number of barbiturate groups is 1. The van der Waals surface area contributed by atoms with Crippen molar-refractivity contribution in [2.24, 2.45) is 17.8 Å². The number of carbonyl (C=O) groups excluding carboxylic acids is 3. The van der Waals surface area contributed by atoms with E-state index in [0.717, 1.165) is 22.7 Å². The topological polar surface area (TPSA) is 75.7 Å². The lowest BCUT2D eigenvalue weighted by Crippen LogP contribution is -2.54. The van der Waals surface area contributed by atoms with Crippen LogP contribution in [0.2, 0.25) is 0 Å². The van der Waals surface area contributed by atoms with Crippen molar-refractivity contribution in [3.05, 3.63) is 101 Å². The summed E-state index contributed by atoms with van der Waals surface area (Å²) in [7, 11) is 0. The third-order valence-corrected chi connectivity index (χ3v) is 9.38. The van der Waals surface area contributed by atoms with Gasteiger partial charge in [-0.2, -0.15) is 0 Å². The van der Waals surface area contributed by atoms with E-state index in [1.807, 2.05) is 12.1 Å². The fraction of sp³-hybridized carbons (Fsp3) is 0.324. The lowest BCUT2D eigenvalue weighted by Gasteiger charge is -2.57. The van der Waals surface area contributed by atoms with Crippen LogP contribution in [0.25, 0.3) is 6.08 Å². The largest absolute Gasteiger partial charge is 0.488 e. The zero-order chi connectivity index (χ0) is 28.1. The Labute approximate surface area is 238 Å². The maximum atomic E-state index is 13.6. The average Bonchev–Trinajstić information content (AvgIpc) is 2.94. The van der Waals surface area contributed by atoms with E-state index < -0.39 is 17.8 Å². The van der Waals surface area contributed by atoms with Crippen LogP contribution in [0.4, 0.5) is 14.9 Å². The minimum atomic E-state index is -0.768. The molecule has 5 aliphatic rings. The van der Waals surface area contributed by atoms with E-state index in [9.17, 15) is 18.8 Å². The van der Waals surface area contributed by atoms with Gasteiger partial charge in [-0.15, -0.1) is 0 Å². The number of nitrogens with zero attached hydrogens (tertiary/aromatic N) is 1. The molecule has 208 valence electrons. The van der Waals surface area contributed by atoms with Crippen molar-refractivity contribution in [3.63, 3.8) is 0 Å². The molecule has 4 saturated carbocycles. The second kappa shape index (κ2) is 9.98. The Morgan fingerprint density at radius 3 is 2.24 bits per heavy atom. The molecule has 1 saturated heterocycles. The number of nitrogens with one attached hydrogen (secondary N) is 1. The summed E-state index contributed by atoms with van der Waals surface area (Å²) < 4.78 is 19.5. The molecule has 3 aromatic carbocycles. The molecule has 1 aliphatic heterocycles. The number of rotatable bonds is 6. The first-order valence-electron chi connectivity index (χ1n) is 14.4. The molecule has 0 spiro atoms. The molecule has 5 fully saturated rings. The molecule has 4 aliphatic carbocycles. The Bertz CT molecular complexity index is 1540. The van der Waals surface area contributed by atoms with Gasteiger partial charge in [0.25, 0.3) is 11.8 Å². The maximum Gasteiger partial charge on any atom is 0.335 e. The van der Waals surface area contributed by atoms with Gasteiger partial charge < -0.3 is 4.74 Å². The zero-order valence-corrected chi connectivity index (χ0v) is 22.6. The third-order valence-electron chi connectivity index (χ3n) is 9.38. The van der Waals surface area contributed by atoms with E-state index in [4.69, 9.17) is 4.74 Å². The quantitative estimate of drug-likeness (QED) is 0.279. The van der Waals surface area contributed by atoms with Gasteiger partial charge in [0.2, 0.25) is 0 Å². The van der Waals surface area contributed by atoms with Crippen molar-refractivity contribution in [2.75, 3.05) is 4.90 Å². The van der Waals surface area contributed by atoms with Gasteiger partial charge in [0.05, 0.1) is 5.69 Å². The van der Waals surface area contributed by atoms with Crippen molar-refractivity contribution in [3.8, 4) is 5.75 Å². The maximum absolute atomic E-state index is 13.6. The Balaban J connectivity index is 1.14. The van der Waals surface area contributed by atoms with Crippen molar-refractivity contribution in [2.45, 2.75) is 50.5 Å². The minimum Gasteiger partial charge on any atom is -0.488 e. The summed E-state index contributed by atoms with van der Waals surface area (Å²) in [6.07, 6.45) is 9.20. The highest BCUT2D eigenvalue weighted by atomic mass is 19.1. The average molecular weight is 551 g/mol. The van der Waals surface area contributed by atoms with Crippen LogP contribution in [0.3, 0.4) is 0 Å². The van der Waals surface area contributed by atoms with E-state index in [0.29, 0.717) is 22.6 Å². The number of hydrogen-bond donors (Lipinski definition) is 1. The van der Waals surface area contributed by atoms with Crippen molar-refractivity contribution in [1.82, 2.24) is 5.32 Å². The molecule has 7 heteroatoms. The zero-order valence-electron chi connectivity index (χ0n) is 22.6. The third kappa shape index (κ3) is 4.73. The molecule has 0 radical (unpaired) electrons. The molecule has 0 atom stereocenters. The molecule has 4 bridgehead atoms. The number of hydrogen-bond acceptors (Lipinski definition) is 4. The fourth-order valence-electron chi connectivity index (χ4n) is 7.99. The second-order valence-corrected chi connectivity index (χ2v) is 12.2. The molecule has 0 aromatic heterocycles. The molecule has 41 heavy (non-hydrogen) atoms. The summed E-state index contributed by atoms with van der Waals surface area (Å²) >= 11 is 0. The Morgan fingerprint density at radius 2 is 1.56 bits per heavy atom. The molecular formula is C34H31FN2O4. The molecule has 1 N–H and O–H groups in total. The van der Waals surface area contributed by atoms with Gasteiger partial charge in [-0.25, -0.2) is 14.1 Å². The summed E-state index contributed by atoms with van der Waals surface area (Å²) in [5.74, 6) is 1.05. The molecular weight excluding hydrogens is 519 g/mol. The number of imide groups is 2. The van der Waals surface area contributed by atoms with E-state index >= 15 is 0 Å². The number of ether oxygens (including phenoxy) is 1. The standard InChI is InChI=1S/C34H31FN2O4/c35-27-6-3-4-21(15-27)20-41-30-7-2-1-5-25(30)16-29-31(38)36-33(40)37(32(29)39)28-10-8-26(9-11-28)34-17-22-12-23(18-34)14-24(13-22)19-34/h1-11,15-16,22-24H,12-14,17-20H2,(H,36,38,40)/b29-16+. The SMILES string of the molecule is O=C1NC(=O)N(c2ccc(C34CC5CC(CC(C5)C3)C4)cc2)C(=O)/C1=C/c1ccccc1OCc1cccc(F)c1. The van der Waals surface area contributed by atoms with Gasteiger partial charge >= 0.3 is 6.03 Å². The predicted molar refractivity (Wildman–Crippen MR) is 152 cm³/mol. The van der Waals surface area contributed by atoms with Crippen LogP contribution in [0.15, 0.2) is 78.4 Å². The molecule has 8 rings (SSSR count). The molecule has 1 heterocycles. The highest BCUT2D eigenvalue weighted by molar-refractivity contribution is 6.39. The fourth-order valence-corrected chi connectivity index (χ4v) is 7.99. The van der Waals surface area contributed by atoms with Gasteiger partial charge in [0, 0.05) is 5.56 Å². The highest BCUT2D eigenvalue weighted by Gasteiger charge is 2.51. The second-order valence-electron chi connectivity index (χ2n) is 12.2. The molecule has 6 nitrogen and oxygen atoms in total. The number of benzene rings is 3. The van der Waals surface area contributed by atoms with Gasteiger partial charge in [-0.05, 0) is 109 Å². The van der Waals surface area contributed by atoms with E-state index in [1.165, 1.54) is 62.3 Å². The predicted octanol–water partition coefficient (Wildman–Crippen LogP) is 6.54. The summed E-state index contributed by atoms with van der Waals surface area (Å²) in [6.45, 7) is 0.110. The van der Waals surface area contributed by atoms with E-state index in [1.54, 1.807) is 36.4 Å². The minimum absolute atomic E-state index is 0.110. The lowest BCUT2D eigenvalue weighted by atomic mass is 9.48. The summed E-state index contributed by atoms with van der Waals surface area (Å²) in [4.78, 5) is 40.3. The van der Waals surface area contributed by atoms with E-state index in [2.05, 4.69) is 17.4 Å². The Kier molecular flexibility index (Phi) is 6.25. The Morgan fingerprint density at radius 1 is 0.878 bits per heavy atom. The van der Waals surface area contributed by atoms with Gasteiger partial charge in [-0.3, -0.25) is 14.9 Å². The smallest absolute Gasteiger partial charge is 0.335 e. The van der Waals surface area contributed by atoms with Crippen molar-refractivity contribution < 1.29 is 23.5 Å². The van der Waals surface area contributed by atoms with Crippen LogP contribution in [0.5, 0.6) is 5.75 Å². The van der Waals surface area contributed by atoms with Gasteiger partial charge in [-0.1, -0.05) is 42.5 Å². The highest BCUT2D eigenvalue weighted by Crippen LogP contribution is 2.60. The van der Waals surface area contributed by atoms with Crippen molar-refractivity contribution >= 4 is 29.6 Å². The molecule has 4 amide bonds. The number of para-hydroxylation sites is 1. The first kappa shape index (κ1) is 25.7. The van der Waals surface area contributed by atoms with Crippen LogP contribution in [-0.2, 0) is 21.6 Å². The summed E-state index contributed by atoms with van der Waals surface area (Å²) in [6, 6.07) is 20.1. The molecule has 3 aromatic rings. The van der Waals surface area contributed by atoms with Gasteiger partial charge in [0.15, 0.2) is 0 Å². The Hall–Kier alpha value is -4.26. The molecule has 0 unspecified atom stereocenters. The van der Waals surface area contributed by atoms with Crippen LogP contribution < -0.4 is 15.0 Å². The number of halogens is 1. The number of urea groups is 1. The number of anilines is 1. The van der Waals surface area contributed by atoms with Crippen LogP contribution in [0, 0.1) is 23.6 Å². The first-order valence-corrected chi connectivity index (χ1v) is 14.4. The summed E-state index contributed by atoms with van der Waals surface area (Å²) in [5.41, 5.74) is 2.90.